The summed E-state index contributed by atoms with van der Waals surface area (Å²) in [5.41, 5.74) is 1.62. The molecule has 1 aromatic carbocycles. The molecule has 1 aromatic rings. The maximum atomic E-state index is 12.5. The second-order valence-electron chi connectivity index (χ2n) is 6.74. The van der Waals surface area contributed by atoms with Crippen LogP contribution >= 0.6 is 0 Å². The molecule has 0 saturated carbocycles. The molecule has 7 nitrogen and oxygen atoms in total. The van der Waals surface area contributed by atoms with Gasteiger partial charge in [-0.1, -0.05) is 26.0 Å². The zero-order valence-corrected chi connectivity index (χ0v) is 15.8. The Morgan fingerprint density at radius 1 is 1.27 bits per heavy atom. The summed E-state index contributed by atoms with van der Waals surface area (Å²) in [6.07, 6.45) is 0. The molecule has 0 radical (unpaired) electrons. The van der Waals surface area contributed by atoms with Crippen LogP contribution in [0.4, 0.5) is 0 Å². The highest BCUT2D eigenvalue weighted by atomic mass is 16.2. The van der Waals surface area contributed by atoms with Gasteiger partial charge in [0.1, 0.15) is 0 Å². The Kier molecular flexibility index (Phi) is 7.44. The molecule has 0 atom stereocenters. The van der Waals surface area contributed by atoms with Gasteiger partial charge in [0, 0.05) is 31.7 Å². The lowest BCUT2D eigenvalue weighted by molar-refractivity contribution is -0.123. The fourth-order valence-electron chi connectivity index (χ4n) is 2.56. The fourth-order valence-corrected chi connectivity index (χ4v) is 2.56. The van der Waals surface area contributed by atoms with Gasteiger partial charge < -0.3 is 20.9 Å². The average Bonchev–Trinajstić information content (AvgIpc) is 2.63. The number of piperazine rings is 1. The van der Waals surface area contributed by atoms with Gasteiger partial charge in [-0.25, -0.2) is 4.99 Å². The number of aliphatic imine (C=N–C) groups is 1. The predicted octanol–water partition coefficient (Wildman–Crippen LogP) is 0.970. The number of hydrogen-bond acceptors (Lipinski definition) is 3. The molecular weight excluding hydrogens is 330 g/mol. The van der Waals surface area contributed by atoms with E-state index in [1.165, 1.54) is 0 Å². The molecular formula is C19H29N5O2. The lowest BCUT2D eigenvalue weighted by atomic mass is 10.1. The van der Waals surface area contributed by atoms with Crippen molar-refractivity contribution in [1.82, 2.24) is 20.9 Å². The van der Waals surface area contributed by atoms with Crippen molar-refractivity contribution in [2.45, 2.75) is 27.3 Å². The number of benzene rings is 1. The third kappa shape index (κ3) is 6.06. The van der Waals surface area contributed by atoms with Crippen LogP contribution in [0, 0.1) is 5.92 Å². The van der Waals surface area contributed by atoms with Gasteiger partial charge in [-0.3, -0.25) is 9.59 Å². The van der Waals surface area contributed by atoms with E-state index in [0.29, 0.717) is 31.1 Å². The van der Waals surface area contributed by atoms with Crippen LogP contribution in [0.25, 0.3) is 0 Å². The number of nitrogens with zero attached hydrogens (tertiary/aromatic N) is 2. The lowest BCUT2D eigenvalue weighted by Gasteiger charge is -2.26. The van der Waals surface area contributed by atoms with Crippen LogP contribution in [0.3, 0.4) is 0 Å². The number of amides is 2. The Morgan fingerprint density at radius 3 is 2.62 bits per heavy atom. The highest BCUT2D eigenvalue weighted by Crippen LogP contribution is 2.10. The van der Waals surface area contributed by atoms with Crippen LogP contribution in [-0.2, 0) is 11.3 Å². The van der Waals surface area contributed by atoms with E-state index in [0.717, 1.165) is 24.6 Å². The maximum absolute atomic E-state index is 12.5. The molecule has 0 spiro atoms. The second-order valence-corrected chi connectivity index (χ2v) is 6.74. The van der Waals surface area contributed by atoms with Crippen molar-refractivity contribution >= 4 is 17.8 Å². The quantitative estimate of drug-likeness (QED) is 0.522. The van der Waals surface area contributed by atoms with Gasteiger partial charge in [0.2, 0.25) is 5.91 Å². The zero-order chi connectivity index (χ0) is 18.9. The largest absolute Gasteiger partial charge is 0.357 e. The first-order valence-corrected chi connectivity index (χ1v) is 9.16. The summed E-state index contributed by atoms with van der Waals surface area (Å²) in [6.45, 7) is 9.72. The van der Waals surface area contributed by atoms with Crippen molar-refractivity contribution < 1.29 is 9.59 Å². The highest BCUT2D eigenvalue weighted by molar-refractivity contribution is 5.97. The van der Waals surface area contributed by atoms with Crippen molar-refractivity contribution in [3.8, 4) is 0 Å². The average molecular weight is 359 g/mol. The van der Waals surface area contributed by atoms with Crippen LogP contribution < -0.4 is 16.0 Å². The van der Waals surface area contributed by atoms with Crippen LogP contribution in [0.2, 0.25) is 0 Å². The number of hydrogen-bond donors (Lipinski definition) is 3. The van der Waals surface area contributed by atoms with Gasteiger partial charge in [-0.15, -0.1) is 0 Å². The van der Waals surface area contributed by atoms with E-state index < -0.39 is 0 Å². The zero-order valence-electron chi connectivity index (χ0n) is 15.8. The monoisotopic (exact) mass is 359 g/mol. The SMILES string of the molecule is CCNC(=NCc1ccc(C(=O)N2CCNC(=O)C2)cc1)NCC(C)C. The lowest BCUT2D eigenvalue weighted by Crippen LogP contribution is -2.49. The Hall–Kier alpha value is -2.57. The molecule has 142 valence electrons. The van der Waals surface area contributed by atoms with Crippen LogP contribution in [-0.4, -0.2) is 55.4 Å². The van der Waals surface area contributed by atoms with Crippen molar-refractivity contribution in [3.63, 3.8) is 0 Å². The van der Waals surface area contributed by atoms with E-state index in [2.05, 4.69) is 34.8 Å². The van der Waals surface area contributed by atoms with Gasteiger partial charge in [-0.2, -0.15) is 0 Å². The summed E-state index contributed by atoms with van der Waals surface area (Å²) >= 11 is 0. The molecule has 1 aliphatic heterocycles. The Bertz CT molecular complexity index is 640. The van der Waals surface area contributed by atoms with Crippen molar-refractivity contribution in [3.05, 3.63) is 35.4 Å². The molecule has 0 bridgehead atoms. The van der Waals surface area contributed by atoms with E-state index in [1.807, 2.05) is 19.1 Å². The molecule has 0 aliphatic carbocycles. The summed E-state index contributed by atoms with van der Waals surface area (Å²) in [5.74, 6) is 1.11. The molecule has 1 saturated heterocycles. The van der Waals surface area contributed by atoms with E-state index in [9.17, 15) is 9.59 Å². The fraction of sp³-hybridized carbons (Fsp3) is 0.526. The third-order valence-electron chi connectivity index (χ3n) is 3.97. The molecule has 2 amide bonds. The predicted molar refractivity (Wildman–Crippen MR) is 103 cm³/mol. The first-order chi connectivity index (χ1) is 12.5. The van der Waals surface area contributed by atoms with E-state index in [4.69, 9.17) is 0 Å². The molecule has 1 fully saturated rings. The van der Waals surface area contributed by atoms with Crippen LogP contribution in [0.1, 0.15) is 36.7 Å². The summed E-state index contributed by atoms with van der Waals surface area (Å²) in [7, 11) is 0. The van der Waals surface area contributed by atoms with Crippen molar-refractivity contribution in [1.29, 1.82) is 0 Å². The van der Waals surface area contributed by atoms with Gasteiger partial charge in [0.15, 0.2) is 5.96 Å². The maximum Gasteiger partial charge on any atom is 0.254 e. The molecule has 3 N–H and O–H groups in total. The van der Waals surface area contributed by atoms with Gasteiger partial charge in [-0.05, 0) is 30.5 Å². The van der Waals surface area contributed by atoms with E-state index in [-0.39, 0.29) is 18.4 Å². The Morgan fingerprint density at radius 2 is 2.00 bits per heavy atom. The Balaban J connectivity index is 1.96. The van der Waals surface area contributed by atoms with Crippen LogP contribution in [0.5, 0.6) is 0 Å². The number of rotatable bonds is 6. The highest BCUT2D eigenvalue weighted by Gasteiger charge is 2.21. The van der Waals surface area contributed by atoms with Gasteiger partial charge in [0.05, 0.1) is 13.1 Å². The minimum atomic E-state index is -0.111. The molecule has 0 aromatic heterocycles. The summed E-state index contributed by atoms with van der Waals surface area (Å²) in [6, 6.07) is 7.42. The summed E-state index contributed by atoms with van der Waals surface area (Å²) < 4.78 is 0. The second kappa shape index (κ2) is 9.79. The molecule has 2 rings (SSSR count). The van der Waals surface area contributed by atoms with Gasteiger partial charge >= 0.3 is 0 Å². The van der Waals surface area contributed by atoms with Crippen molar-refractivity contribution in [2.75, 3.05) is 32.7 Å². The molecule has 1 heterocycles. The van der Waals surface area contributed by atoms with E-state index in [1.54, 1.807) is 17.0 Å². The normalized spacial score (nSPS) is 15.0. The Labute approximate surface area is 155 Å². The van der Waals surface area contributed by atoms with Crippen LogP contribution in [0.15, 0.2) is 29.3 Å². The molecule has 0 unspecified atom stereocenters. The minimum absolute atomic E-state index is 0.109. The minimum Gasteiger partial charge on any atom is -0.357 e. The van der Waals surface area contributed by atoms with Gasteiger partial charge in [0.25, 0.3) is 5.91 Å². The molecule has 7 heteroatoms. The number of carbonyl (C=O) groups is 2. The first kappa shape index (κ1) is 19.8. The number of carbonyl (C=O) groups excluding carboxylic acids is 2. The smallest absolute Gasteiger partial charge is 0.254 e. The number of guanidine groups is 1. The topological polar surface area (TPSA) is 85.8 Å². The standard InChI is InChI=1S/C19H29N5O2/c1-4-20-19(22-11-14(2)3)23-12-15-5-7-16(8-6-15)18(26)24-10-9-21-17(25)13-24/h5-8,14H,4,9-13H2,1-3H3,(H,21,25)(H2,20,22,23). The number of nitrogens with one attached hydrogen (secondary N) is 3. The van der Waals surface area contributed by atoms with E-state index >= 15 is 0 Å². The molecule has 26 heavy (non-hydrogen) atoms. The third-order valence-corrected chi connectivity index (χ3v) is 3.97. The van der Waals surface area contributed by atoms with Crippen molar-refractivity contribution in [2.24, 2.45) is 10.9 Å². The summed E-state index contributed by atoms with van der Waals surface area (Å²) in [4.78, 5) is 30.0. The first-order valence-electron chi connectivity index (χ1n) is 9.16. The summed E-state index contributed by atoms with van der Waals surface area (Å²) in [5, 5.41) is 9.26. The molecule has 1 aliphatic rings.